The normalized spacial score (nSPS) is 16.6. The van der Waals surface area contributed by atoms with Gasteiger partial charge in [-0.05, 0) is 35.7 Å². The molecule has 0 heterocycles. The molecule has 106 valence electrons. The van der Waals surface area contributed by atoms with E-state index in [0.717, 1.165) is 5.56 Å². The van der Waals surface area contributed by atoms with Gasteiger partial charge in [-0.25, -0.2) is 4.39 Å². The number of halogens is 1. The van der Waals surface area contributed by atoms with Gasteiger partial charge in [0.05, 0.1) is 0 Å². The minimum Gasteiger partial charge on any atom is -0.460 e. The number of carbonyl (C=O) groups excluding carboxylic acids is 2. The van der Waals surface area contributed by atoms with Gasteiger partial charge < -0.3 is 4.74 Å². The average molecular weight is 284 g/mol. The Morgan fingerprint density at radius 3 is 2.71 bits per heavy atom. The topological polar surface area (TPSA) is 43.4 Å². The fraction of sp³-hybridized carbons (Fsp3) is 0.176. The summed E-state index contributed by atoms with van der Waals surface area (Å²) in [5, 5.41) is 0. The van der Waals surface area contributed by atoms with Gasteiger partial charge in [-0.3, -0.25) is 9.59 Å². The Bertz CT molecular complexity index is 694. The third-order valence-corrected chi connectivity index (χ3v) is 3.58. The first-order valence-electron chi connectivity index (χ1n) is 6.68. The molecule has 3 nitrogen and oxygen atoms in total. The minimum atomic E-state index is -0.856. The van der Waals surface area contributed by atoms with Gasteiger partial charge in [0.15, 0.2) is 5.78 Å². The largest absolute Gasteiger partial charge is 0.460 e. The number of esters is 1. The van der Waals surface area contributed by atoms with Crippen LogP contribution in [0.25, 0.3) is 0 Å². The SMILES string of the molecule is O=C(OCc1ccccc1)C1Cc2cc(F)ccc2C1=O. The van der Waals surface area contributed by atoms with Crippen LogP contribution < -0.4 is 0 Å². The van der Waals surface area contributed by atoms with E-state index in [1.807, 2.05) is 30.3 Å². The van der Waals surface area contributed by atoms with Crippen LogP contribution in [-0.2, 0) is 22.6 Å². The fourth-order valence-electron chi connectivity index (χ4n) is 2.49. The molecule has 0 bridgehead atoms. The molecule has 3 rings (SSSR count). The Morgan fingerprint density at radius 1 is 1.19 bits per heavy atom. The summed E-state index contributed by atoms with van der Waals surface area (Å²) < 4.78 is 18.3. The van der Waals surface area contributed by atoms with Crippen LogP contribution in [-0.4, -0.2) is 11.8 Å². The zero-order chi connectivity index (χ0) is 14.8. The van der Waals surface area contributed by atoms with Crippen molar-refractivity contribution < 1.29 is 18.7 Å². The second-order valence-corrected chi connectivity index (χ2v) is 5.02. The van der Waals surface area contributed by atoms with E-state index in [4.69, 9.17) is 4.74 Å². The number of ether oxygens (including phenoxy) is 1. The standard InChI is InChI=1S/C17H13FO3/c18-13-6-7-14-12(8-13)9-15(16(14)19)17(20)21-10-11-4-2-1-3-5-11/h1-8,15H,9-10H2. The highest BCUT2D eigenvalue weighted by Crippen LogP contribution is 2.28. The Labute approximate surface area is 121 Å². The highest BCUT2D eigenvalue weighted by molar-refractivity contribution is 6.12. The molecule has 21 heavy (non-hydrogen) atoms. The summed E-state index contributed by atoms with van der Waals surface area (Å²) in [6, 6.07) is 13.2. The van der Waals surface area contributed by atoms with Crippen LogP contribution in [0, 0.1) is 11.7 Å². The van der Waals surface area contributed by atoms with Crippen molar-refractivity contribution in [2.75, 3.05) is 0 Å². The number of rotatable bonds is 3. The number of ketones is 1. The Balaban J connectivity index is 1.68. The average Bonchev–Trinajstić information content (AvgIpc) is 2.82. The number of hydrogen-bond donors (Lipinski definition) is 0. The zero-order valence-electron chi connectivity index (χ0n) is 11.2. The van der Waals surface area contributed by atoms with E-state index in [1.165, 1.54) is 18.2 Å². The van der Waals surface area contributed by atoms with Crippen molar-refractivity contribution in [3.8, 4) is 0 Å². The molecular weight excluding hydrogens is 271 g/mol. The van der Waals surface area contributed by atoms with Gasteiger partial charge in [0, 0.05) is 5.56 Å². The highest BCUT2D eigenvalue weighted by Gasteiger charge is 2.37. The molecule has 1 aliphatic rings. The van der Waals surface area contributed by atoms with E-state index < -0.39 is 17.7 Å². The lowest BCUT2D eigenvalue weighted by Crippen LogP contribution is -2.23. The van der Waals surface area contributed by atoms with Gasteiger partial charge in [0.25, 0.3) is 0 Å². The molecule has 0 amide bonds. The van der Waals surface area contributed by atoms with Gasteiger partial charge in [-0.2, -0.15) is 0 Å². The molecular formula is C17H13FO3. The highest BCUT2D eigenvalue weighted by atomic mass is 19.1. The number of hydrogen-bond acceptors (Lipinski definition) is 3. The van der Waals surface area contributed by atoms with Crippen molar-refractivity contribution in [1.29, 1.82) is 0 Å². The second-order valence-electron chi connectivity index (χ2n) is 5.02. The summed E-state index contributed by atoms with van der Waals surface area (Å²) in [6.45, 7) is 0.133. The molecule has 2 aromatic rings. The van der Waals surface area contributed by atoms with Crippen molar-refractivity contribution in [2.45, 2.75) is 13.0 Å². The van der Waals surface area contributed by atoms with Crippen LogP contribution in [0.15, 0.2) is 48.5 Å². The lowest BCUT2D eigenvalue weighted by Gasteiger charge is -2.08. The first kappa shape index (κ1) is 13.5. The monoisotopic (exact) mass is 284 g/mol. The summed E-state index contributed by atoms with van der Waals surface area (Å²) in [4.78, 5) is 24.2. The first-order valence-corrected chi connectivity index (χ1v) is 6.68. The van der Waals surface area contributed by atoms with Crippen molar-refractivity contribution >= 4 is 11.8 Å². The van der Waals surface area contributed by atoms with Crippen LogP contribution in [0.4, 0.5) is 4.39 Å². The molecule has 0 N–H and O–H groups in total. The Morgan fingerprint density at radius 2 is 1.95 bits per heavy atom. The van der Waals surface area contributed by atoms with Crippen LogP contribution in [0.3, 0.4) is 0 Å². The maximum atomic E-state index is 13.2. The van der Waals surface area contributed by atoms with Gasteiger partial charge in [-0.15, -0.1) is 0 Å². The number of fused-ring (bicyclic) bond motifs is 1. The summed E-state index contributed by atoms with van der Waals surface area (Å²) in [7, 11) is 0. The third-order valence-electron chi connectivity index (χ3n) is 3.58. The van der Waals surface area contributed by atoms with E-state index in [9.17, 15) is 14.0 Å². The summed E-state index contributed by atoms with van der Waals surface area (Å²) in [5.41, 5.74) is 1.85. The fourth-order valence-corrected chi connectivity index (χ4v) is 2.49. The van der Waals surface area contributed by atoms with Gasteiger partial charge in [0.2, 0.25) is 0 Å². The van der Waals surface area contributed by atoms with Gasteiger partial charge in [-0.1, -0.05) is 30.3 Å². The van der Waals surface area contributed by atoms with Crippen molar-refractivity contribution in [1.82, 2.24) is 0 Å². The Kier molecular flexibility index (Phi) is 3.52. The van der Waals surface area contributed by atoms with Crippen LogP contribution in [0.2, 0.25) is 0 Å². The van der Waals surface area contributed by atoms with Crippen LogP contribution >= 0.6 is 0 Å². The summed E-state index contributed by atoms with van der Waals surface area (Å²) in [5.74, 6) is -2.10. The molecule has 4 heteroatoms. The molecule has 0 aromatic heterocycles. The smallest absolute Gasteiger partial charge is 0.317 e. The summed E-state index contributed by atoms with van der Waals surface area (Å²) in [6.07, 6.45) is 0.208. The van der Waals surface area contributed by atoms with E-state index in [2.05, 4.69) is 0 Å². The number of Topliss-reactive ketones (excluding diaryl/α,β-unsaturated/α-hetero) is 1. The molecule has 0 radical (unpaired) electrons. The van der Waals surface area contributed by atoms with Crippen molar-refractivity contribution in [2.24, 2.45) is 5.92 Å². The number of carbonyl (C=O) groups is 2. The molecule has 1 unspecified atom stereocenters. The number of benzene rings is 2. The first-order chi connectivity index (χ1) is 10.1. The molecule has 0 saturated heterocycles. The molecule has 0 saturated carbocycles. The summed E-state index contributed by atoms with van der Waals surface area (Å²) >= 11 is 0. The van der Waals surface area contributed by atoms with E-state index in [0.29, 0.717) is 11.1 Å². The van der Waals surface area contributed by atoms with E-state index in [-0.39, 0.29) is 18.8 Å². The molecule has 0 fully saturated rings. The zero-order valence-corrected chi connectivity index (χ0v) is 11.2. The molecule has 0 aliphatic heterocycles. The maximum absolute atomic E-state index is 13.2. The van der Waals surface area contributed by atoms with E-state index >= 15 is 0 Å². The molecule has 1 atom stereocenters. The van der Waals surface area contributed by atoms with Crippen LogP contribution in [0.1, 0.15) is 21.5 Å². The lowest BCUT2D eigenvalue weighted by molar-refractivity contribution is -0.147. The quantitative estimate of drug-likeness (QED) is 0.643. The van der Waals surface area contributed by atoms with E-state index in [1.54, 1.807) is 0 Å². The van der Waals surface area contributed by atoms with Crippen LogP contribution in [0.5, 0.6) is 0 Å². The van der Waals surface area contributed by atoms with Gasteiger partial charge in [0.1, 0.15) is 18.3 Å². The predicted octanol–water partition coefficient (Wildman–Crippen LogP) is 2.92. The predicted molar refractivity (Wildman–Crippen MR) is 74.2 cm³/mol. The lowest BCUT2D eigenvalue weighted by atomic mass is 10.1. The third kappa shape index (κ3) is 2.70. The second kappa shape index (κ2) is 5.48. The van der Waals surface area contributed by atoms with Gasteiger partial charge >= 0.3 is 5.97 Å². The molecule has 1 aliphatic carbocycles. The minimum absolute atomic E-state index is 0.133. The van der Waals surface area contributed by atoms with Crippen molar-refractivity contribution in [3.05, 3.63) is 71.0 Å². The maximum Gasteiger partial charge on any atom is 0.317 e. The van der Waals surface area contributed by atoms with Crippen molar-refractivity contribution in [3.63, 3.8) is 0 Å². The molecule has 0 spiro atoms. The Hall–Kier alpha value is -2.49. The molecule has 2 aromatic carbocycles.